The Morgan fingerprint density at radius 3 is 2.68 bits per heavy atom. The third-order valence-corrected chi connectivity index (χ3v) is 5.37. The molecule has 2 aromatic rings. The number of hydrogen-bond donors (Lipinski definition) is 2. The molecule has 2 N–H and O–H groups in total. The lowest BCUT2D eigenvalue weighted by Crippen LogP contribution is -2.23. The van der Waals surface area contributed by atoms with Crippen molar-refractivity contribution in [2.45, 2.75) is 38.1 Å². The first kappa shape index (κ1) is 20.4. The van der Waals surface area contributed by atoms with Gasteiger partial charge < -0.3 is 20.3 Å². The molecule has 150 valence electrons. The zero-order valence-electron chi connectivity index (χ0n) is 16.5. The average Bonchev–Trinajstić information content (AvgIpc) is 2.71. The Balaban J connectivity index is 1.79. The van der Waals surface area contributed by atoms with Gasteiger partial charge in [0.2, 0.25) is 5.95 Å². The largest absolute Gasteiger partial charge is 0.495 e. The van der Waals surface area contributed by atoms with Crippen LogP contribution < -0.4 is 15.4 Å². The number of methoxy groups -OCH3 is 1. The predicted molar refractivity (Wildman–Crippen MR) is 115 cm³/mol. The van der Waals surface area contributed by atoms with E-state index < -0.39 is 0 Å². The zero-order valence-corrected chi connectivity index (χ0v) is 18.0. The molecule has 1 aromatic carbocycles. The lowest BCUT2D eigenvalue weighted by Gasteiger charge is -2.24. The van der Waals surface area contributed by atoms with E-state index in [0.717, 1.165) is 23.1 Å². The second kappa shape index (κ2) is 9.23. The molecule has 1 aliphatic carbocycles. The topological polar surface area (TPSA) is 79.4 Å². The quantitative estimate of drug-likeness (QED) is 0.681. The molecular weight excluding hydrogens is 422 g/mol. The standard InChI is InChI=1S/C20H26BrN5O2/c1-26(2)19(27)13-9-10-16(17(11-13)28-3)24-20-22-12-15(21)18(25-20)23-14-7-5-4-6-8-14/h9-12,14H,4-8H2,1-3H3,(H2,22,23,24,25). The van der Waals surface area contributed by atoms with Crippen molar-refractivity contribution < 1.29 is 9.53 Å². The molecule has 0 radical (unpaired) electrons. The number of rotatable bonds is 6. The minimum Gasteiger partial charge on any atom is -0.495 e. The van der Waals surface area contributed by atoms with Gasteiger partial charge >= 0.3 is 0 Å². The molecule has 0 atom stereocenters. The molecule has 0 unspecified atom stereocenters. The van der Waals surface area contributed by atoms with E-state index in [2.05, 4.69) is 36.5 Å². The summed E-state index contributed by atoms with van der Waals surface area (Å²) in [5.74, 6) is 1.72. The lowest BCUT2D eigenvalue weighted by atomic mass is 9.95. The number of anilines is 3. The van der Waals surface area contributed by atoms with Crippen molar-refractivity contribution in [3.63, 3.8) is 0 Å². The fourth-order valence-electron chi connectivity index (χ4n) is 3.28. The Morgan fingerprint density at radius 1 is 1.25 bits per heavy atom. The van der Waals surface area contributed by atoms with Crippen LogP contribution >= 0.6 is 15.9 Å². The number of carbonyl (C=O) groups is 1. The average molecular weight is 448 g/mol. The zero-order chi connectivity index (χ0) is 20.1. The molecule has 1 aromatic heterocycles. The third-order valence-electron chi connectivity index (χ3n) is 4.79. The molecule has 8 heteroatoms. The number of carbonyl (C=O) groups excluding carboxylic acids is 1. The van der Waals surface area contributed by atoms with Crippen molar-refractivity contribution in [3.05, 3.63) is 34.4 Å². The minimum atomic E-state index is -0.0799. The fourth-order valence-corrected chi connectivity index (χ4v) is 3.58. The van der Waals surface area contributed by atoms with E-state index in [-0.39, 0.29) is 5.91 Å². The van der Waals surface area contributed by atoms with Crippen LogP contribution in [-0.4, -0.2) is 48.0 Å². The monoisotopic (exact) mass is 447 g/mol. The van der Waals surface area contributed by atoms with Crippen LogP contribution in [0.4, 0.5) is 17.5 Å². The minimum absolute atomic E-state index is 0.0799. The Morgan fingerprint density at radius 2 is 2.00 bits per heavy atom. The molecule has 1 saturated carbocycles. The van der Waals surface area contributed by atoms with Crippen LogP contribution in [0.2, 0.25) is 0 Å². The van der Waals surface area contributed by atoms with Crippen molar-refractivity contribution >= 4 is 39.3 Å². The molecule has 0 saturated heterocycles. The Labute approximate surface area is 174 Å². The van der Waals surface area contributed by atoms with E-state index in [9.17, 15) is 4.79 Å². The van der Waals surface area contributed by atoms with Gasteiger partial charge in [0, 0.05) is 31.9 Å². The molecule has 28 heavy (non-hydrogen) atoms. The van der Waals surface area contributed by atoms with E-state index in [1.54, 1.807) is 45.6 Å². The van der Waals surface area contributed by atoms with Gasteiger partial charge in [-0.3, -0.25) is 4.79 Å². The highest BCUT2D eigenvalue weighted by molar-refractivity contribution is 9.10. The number of nitrogens with one attached hydrogen (secondary N) is 2. The van der Waals surface area contributed by atoms with Gasteiger partial charge in [-0.05, 0) is 47.0 Å². The summed E-state index contributed by atoms with van der Waals surface area (Å²) in [6, 6.07) is 5.71. The van der Waals surface area contributed by atoms with Gasteiger partial charge in [-0.2, -0.15) is 4.98 Å². The number of benzene rings is 1. The summed E-state index contributed by atoms with van der Waals surface area (Å²) in [5.41, 5.74) is 1.26. The summed E-state index contributed by atoms with van der Waals surface area (Å²) in [6.07, 6.45) is 7.86. The highest BCUT2D eigenvalue weighted by Gasteiger charge is 2.17. The van der Waals surface area contributed by atoms with Crippen molar-refractivity contribution in [2.75, 3.05) is 31.8 Å². The van der Waals surface area contributed by atoms with Crippen LogP contribution in [0.1, 0.15) is 42.5 Å². The molecule has 0 aliphatic heterocycles. The van der Waals surface area contributed by atoms with E-state index in [1.807, 2.05) is 0 Å². The Hall–Kier alpha value is -2.35. The molecule has 1 heterocycles. The van der Waals surface area contributed by atoms with Gasteiger partial charge in [-0.1, -0.05) is 19.3 Å². The second-order valence-electron chi connectivity index (χ2n) is 7.11. The normalized spacial score (nSPS) is 14.4. The summed E-state index contributed by atoms with van der Waals surface area (Å²) in [7, 11) is 5.01. The first-order valence-electron chi connectivity index (χ1n) is 9.43. The smallest absolute Gasteiger partial charge is 0.253 e. The van der Waals surface area contributed by atoms with Gasteiger partial charge in [0.15, 0.2) is 0 Å². The molecule has 3 rings (SSSR count). The Kier molecular flexibility index (Phi) is 6.72. The first-order valence-corrected chi connectivity index (χ1v) is 10.2. The maximum Gasteiger partial charge on any atom is 0.253 e. The summed E-state index contributed by atoms with van der Waals surface area (Å²) in [6.45, 7) is 0. The molecule has 1 fully saturated rings. The van der Waals surface area contributed by atoms with Crippen LogP contribution in [0.5, 0.6) is 5.75 Å². The number of halogens is 1. The lowest BCUT2D eigenvalue weighted by molar-refractivity contribution is 0.0827. The van der Waals surface area contributed by atoms with Crippen LogP contribution in [0, 0.1) is 0 Å². The molecule has 1 aliphatic rings. The van der Waals surface area contributed by atoms with E-state index in [1.165, 1.54) is 24.2 Å². The third kappa shape index (κ3) is 4.92. The van der Waals surface area contributed by atoms with Crippen LogP contribution in [-0.2, 0) is 0 Å². The summed E-state index contributed by atoms with van der Waals surface area (Å²) >= 11 is 3.53. The van der Waals surface area contributed by atoms with Gasteiger partial charge in [0.05, 0.1) is 17.3 Å². The highest BCUT2D eigenvalue weighted by atomic mass is 79.9. The van der Waals surface area contributed by atoms with Crippen molar-refractivity contribution in [1.29, 1.82) is 0 Å². The number of amides is 1. The second-order valence-corrected chi connectivity index (χ2v) is 7.96. The van der Waals surface area contributed by atoms with Gasteiger partial charge in [0.25, 0.3) is 5.91 Å². The summed E-state index contributed by atoms with van der Waals surface area (Å²) < 4.78 is 6.29. The van der Waals surface area contributed by atoms with E-state index in [4.69, 9.17) is 4.74 Å². The number of aromatic nitrogens is 2. The Bertz CT molecular complexity index is 837. The molecular formula is C20H26BrN5O2. The SMILES string of the molecule is COc1cc(C(=O)N(C)C)ccc1Nc1ncc(Br)c(NC2CCCCC2)n1. The fraction of sp³-hybridized carbons (Fsp3) is 0.450. The van der Waals surface area contributed by atoms with Gasteiger partial charge in [-0.15, -0.1) is 0 Å². The van der Waals surface area contributed by atoms with Crippen LogP contribution in [0.15, 0.2) is 28.9 Å². The molecule has 0 spiro atoms. The number of hydrogen-bond acceptors (Lipinski definition) is 6. The van der Waals surface area contributed by atoms with Crippen molar-refractivity contribution in [1.82, 2.24) is 14.9 Å². The van der Waals surface area contributed by atoms with Gasteiger partial charge in [-0.25, -0.2) is 4.98 Å². The summed E-state index contributed by atoms with van der Waals surface area (Å²) in [4.78, 5) is 22.7. The van der Waals surface area contributed by atoms with Gasteiger partial charge in [0.1, 0.15) is 11.6 Å². The maximum atomic E-state index is 12.2. The van der Waals surface area contributed by atoms with E-state index in [0.29, 0.717) is 29.0 Å². The van der Waals surface area contributed by atoms with Crippen LogP contribution in [0.25, 0.3) is 0 Å². The van der Waals surface area contributed by atoms with Crippen LogP contribution in [0.3, 0.4) is 0 Å². The highest BCUT2D eigenvalue weighted by Crippen LogP contribution is 2.30. The molecule has 1 amide bonds. The number of ether oxygens (including phenoxy) is 1. The predicted octanol–water partition coefficient (Wildman–Crippen LogP) is 4.44. The molecule has 0 bridgehead atoms. The van der Waals surface area contributed by atoms with Crippen molar-refractivity contribution in [3.8, 4) is 5.75 Å². The van der Waals surface area contributed by atoms with Crippen molar-refractivity contribution in [2.24, 2.45) is 0 Å². The maximum absolute atomic E-state index is 12.2. The number of nitrogens with zero attached hydrogens (tertiary/aromatic N) is 3. The molecule has 7 nitrogen and oxygen atoms in total. The summed E-state index contributed by atoms with van der Waals surface area (Å²) in [5, 5.41) is 6.71. The first-order chi connectivity index (χ1) is 13.5. The van der Waals surface area contributed by atoms with E-state index >= 15 is 0 Å².